The van der Waals surface area contributed by atoms with Crippen molar-refractivity contribution in [1.82, 2.24) is 0 Å². The van der Waals surface area contributed by atoms with Gasteiger partial charge in [-0.05, 0) is 55.5 Å². The molecule has 35 heavy (non-hydrogen) atoms. The summed E-state index contributed by atoms with van der Waals surface area (Å²) in [6.07, 6.45) is 0. The van der Waals surface area contributed by atoms with E-state index in [1.165, 1.54) is 63.6 Å². The number of hydrogen-bond acceptors (Lipinski definition) is 7. The Bertz CT molecular complexity index is 1360. The molecule has 12 heteroatoms. The Hall–Kier alpha value is -3.83. The fourth-order valence-corrected chi connectivity index (χ4v) is 4.91. The first-order valence-corrected chi connectivity index (χ1v) is 11.9. The highest BCUT2D eigenvalue weighted by Gasteiger charge is 2.29. The van der Waals surface area contributed by atoms with Crippen LogP contribution in [-0.4, -0.2) is 40.0 Å². The molecule has 0 spiro atoms. The third-order valence-corrected chi connectivity index (χ3v) is 7.11. The molecule has 0 radical (unpaired) electrons. The van der Waals surface area contributed by atoms with Crippen molar-refractivity contribution >= 4 is 44.6 Å². The number of methoxy groups -OCH3 is 2. The summed E-state index contributed by atoms with van der Waals surface area (Å²) >= 11 is 6.10. The van der Waals surface area contributed by atoms with Gasteiger partial charge < -0.3 is 14.8 Å². The summed E-state index contributed by atoms with van der Waals surface area (Å²) in [7, 11) is -1.46. The van der Waals surface area contributed by atoms with E-state index in [0.717, 1.165) is 10.4 Å². The second-order valence-electron chi connectivity index (χ2n) is 7.31. The zero-order chi connectivity index (χ0) is 25.8. The van der Waals surface area contributed by atoms with E-state index in [9.17, 15) is 23.3 Å². The van der Waals surface area contributed by atoms with E-state index >= 15 is 0 Å². The SMILES string of the molecule is COc1ccc(N(CC(=O)Nc2ccc(OC)c(Cl)c2)S(=O)(=O)c2ccc(C)c([N+](=O)[O-])c2)cc1. The summed E-state index contributed by atoms with van der Waals surface area (Å²) in [5.74, 6) is 0.231. The Morgan fingerprint density at radius 1 is 1.06 bits per heavy atom. The molecule has 0 saturated carbocycles. The number of halogens is 1. The number of nitro benzene ring substituents is 1. The molecule has 0 aliphatic heterocycles. The molecule has 184 valence electrons. The Morgan fingerprint density at radius 2 is 1.74 bits per heavy atom. The normalized spacial score (nSPS) is 11.0. The number of benzene rings is 3. The van der Waals surface area contributed by atoms with Crippen LogP contribution in [0.5, 0.6) is 11.5 Å². The smallest absolute Gasteiger partial charge is 0.273 e. The first-order valence-electron chi connectivity index (χ1n) is 10.1. The van der Waals surface area contributed by atoms with Gasteiger partial charge in [0.1, 0.15) is 18.0 Å². The Labute approximate surface area is 207 Å². The van der Waals surface area contributed by atoms with Crippen LogP contribution in [0.15, 0.2) is 65.6 Å². The van der Waals surface area contributed by atoms with Crippen LogP contribution in [0.1, 0.15) is 5.56 Å². The number of nitrogens with zero attached hydrogens (tertiary/aromatic N) is 2. The van der Waals surface area contributed by atoms with Crippen molar-refractivity contribution in [2.24, 2.45) is 0 Å². The average molecular weight is 520 g/mol. The van der Waals surface area contributed by atoms with E-state index in [-0.39, 0.29) is 21.3 Å². The van der Waals surface area contributed by atoms with Crippen molar-refractivity contribution in [2.45, 2.75) is 11.8 Å². The molecule has 0 aliphatic rings. The quantitative estimate of drug-likeness (QED) is 0.327. The molecule has 0 atom stereocenters. The number of nitrogens with one attached hydrogen (secondary N) is 1. The zero-order valence-electron chi connectivity index (χ0n) is 19.0. The molecule has 3 aromatic carbocycles. The molecule has 0 aliphatic carbocycles. The summed E-state index contributed by atoms with van der Waals surface area (Å²) in [5.41, 5.74) is 0.452. The van der Waals surface area contributed by atoms with Gasteiger partial charge in [-0.25, -0.2) is 8.42 Å². The van der Waals surface area contributed by atoms with Crippen LogP contribution in [-0.2, 0) is 14.8 Å². The summed E-state index contributed by atoms with van der Waals surface area (Å²) in [6.45, 7) is 0.892. The molecule has 0 aromatic heterocycles. The third kappa shape index (κ3) is 5.81. The number of hydrogen-bond donors (Lipinski definition) is 1. The van der Waals surface area contributed by atoms with Gasteiger partial charge in [0.2, 0.25) is 5.91 Å². The maximum atomic E-state index is 13.6. The lowest BCUT2D eigenvalue weighted by Gasteiger charge is -2.24. The van der Waals surface area contributed by atoms with Crippen molar-refractivity contribution in [3.05, 3.63) is 81.4 Å². The molecule has 3 aromatic rings. The van der Waals surface area contributed by atoms with Gasteiger partial charge in [-0.2, -0.15) is 0 Å². The number of carbonyl (C=O) groups excluding carboxylic acids is 1. The van der Waals surface area contributed by atoms with E-state index < -0.39 is 27.4 Å². The molecule has 1 amide bonds. The van der Waals surface area contributed by atoms with E-state index in [1.807, 2.05) is 0 Å². The number of carbonyl (C=O) groups is 1. The molecule has 0 unspecified atom stereocenters. The number of amides is 1. The van der Waals surface area contributed by atoms with E-state index in [1.54, 1.807) is 12.1 Å². The second kappa shape index (κ2) is 10.6. The van der Waals surface area contributed by atoms with Gasteiger partial charge >= 0.3 is 0 Å². The van der Waals surface area contributed by atoms with E-state index in [4.69, 9.17) is 21.1 Å². The predicted molar refractivity (Wildman–Crippen MR) is 132 cm³/mol. The highest BCUT2D eigenvalue weighted by Crippen LogP contribution is 2.30. The highest BCUT2D eigenvalue weighted by molar-refractivity contribution is 7.92. The lowest BCUT2D eigenvalue weighted by atomic mass is 10.2. The van der Waals surface area contributed by atoms with Gasteiger partial charge in [0.05, 0.1) is 34.7 Å². The fraction of sp³-hybridized carbons (Fsp3) is 0.174. The van der Waals surface area contributed by atoms with Crippen molar-refractivity contribution in [3.63, 3.8) is 0 Å². The predicted octanol–water partition coefficient (Wildman–Crippen LogP) is 4.41. The molecular weight excluding hydrogens is 498 g/mol. The molecule has 10 nitrogen and oxygen atoms in total. The number of aryl methyl sites for hydroxylation is 1. The molecule has 1 N–H and O–H groups in total. The van der Waals surface area contributed by atoms with Crippen LogP contribution in [0.25, 0.3) is 0 Å². The minimum atomic E-state index is -4.37. The summed E-state index contributed by atoms with van der Waals surface area (Å²) < 4.78 is 38.2. The van der Waals surface area contributed by atoms with Crippen molar-refractivity contribution in [3.8, 4) is 11.5 Å². The highest BCUT2D eigenvalue weighted by atomic mass is 35.5. The van der Waals surface area contributed by atoms with Gasteiger partial charge in [0.25, 0.3) is 15.7 Å². The van der Waals surface area contributed by atoms with Crippen molar-refractivity contribution in [1.29, 1.82) is 0 Å². The Kier molecular flexibility index (Phi) is 7.82. The monoisotopic (exact) mass is 519 g/mol. The molecule has 0 saturated heterocycles. The third-order valence-electron chi connectivity index (χ3n) is 5.05. The minimum Gasteiger partial charge on any atom is -0.497 e. The van der Waals surface area contributed by atoms with Crippen LogP contribution in [0.2, 0.25) is 5.02 Å². The lowest BCUT2D eigenvalue weighted by molar-refractivity contribution is -0.385. The second-order valence-corrected chi connectivity index (χ2v) is 9.58. The standard InChI is InChI=1S/C23H22ClN3O7S/c1-15-4-10-19(13-21(15)27(29)30)35(31,32)26(17-6-8-18(33-2)9-7-17)14-23(28)25-16-5-11-22(34-3)20(24)12-16/h4-13H,14H2,1-3H3,(H,25,28). The van der Waals surface area contributed by atoms with Crippen molar-refractivity contribution in [2.75, 3.05) is 30.4 Å². The number of nitro groups is 1. The van der Waals surface area contributed by atoms with E-state index in [0.29, 0.717) is 22.7 Å². The number of rotatable bonds is 9. The first kappa shape index (κ1) is 25.8. The Morgan fingerprint density at radius 3 is 2.31 bits per heavy atom. The largest absolute Gasteiger partial charge is 0.497 e. The number of ether oxygens (including phenoxy) is 2. The molecule has 0 heterocycles. The molecule has 0 fully saturated rings. The first-order chi connectivity index (χ1) is 16.6. The van der Waals surface area contributed by atoms with Crippen LogP contribution < -0.4 is 19.1 Å². The number of sulfonamides is 1. The van der Waals surface area contributed by atoms with E-state index in [2.05, 4.69) is 5.32 Å². The maximum absolute atomic E-state index is 13.6. The van der Waals surface area contributed by atoms with Crippen LogP contribution in [0, 0.1) is 17.0 Å². The molecular formula is C23H22ClN3O7S. The summed E-state index contributed by atoms with van der Waals surface area (Å²) in [4.78, 5) is 23.2. The molecule has 3 rings (SSSR count). The van der Waals surface area contributed by atoms with Gasteiger partial charge in [0, 0.05) is 17.3 Å². The van der Waals surface area contributed by atoms with Gasteiger partial charge in [-0.3, -0.25) is 19.2 Å². The fourth-order valence-electron chi connectivity index (χ4n) is 3.21. The zero-order valence-corrected chi connectivity index (χ0v) is 20.6. The van der Waals surface area contributed by atoms with Crippen LogP contribution in [0.3, 0.4) is 0 Å². The lowest BCUT2D eigenvalue weighted by Crippen LogP contribution is -2.38. The van der Waals surface area contributed by atoms with Gasteiger partial charge in [-0.1, -0.05) is 17.7 Å². The van der Waals surface area contributed by atoms with Gasteiger partial charge in [-0.15, -0.1) is 0 Å². The van der Waals surface area contributed by atoms with Crippen LogP contribution >= 0.6 is 11.6 Å². The average Bonchev–Trinajstić information content (AvgIpc) is 2.82. The van der Waals surface area contributed by atoms with Crippen molar-refractivity contribution < 1.29 is 27.6 Å². The summed E-state index contributed by atoms with van der Waals surface area (Å²) in [6, 6.07) is 14.2. The minimum absolute atomic E-state index is 0.164. The number of anilines is 2. The topological polar surface area (TPSA) is 128 Å². The molecule has 0 bridgehead atoms. The van der Waals surface area contributed by atoms with Crippen LogP contribution in [0.4, 0.5) is 17.1 Å². The van der Waals surface area contributed by atoms with Gasteiger partial charge in [0.15, 0.2) is 0 Å². The summed E-state index contributed by atoms with van der Waals surface area (Å²) in [5, 5.41) is 14.2. The maximum Gasteiger partial charge on any atom is 0.273 e. The Balaban J connectivity index is 1.99.